The Morgan fingerprint density at radius 2 is 1.69 bits per heavy atom. The Bertz CT molecular complexity index is 928. The van der Waals surface area contributed by atoms with Crippen molar-refractivity contribution in [2.45, 2.75) is 12.5 Å². The molecule has 0 amide bonds. The molecule has 0 spiro atoms. The largest absolute Gasteiger partial charge is 0.322 e. The van der Waals surface area contributed by atoms with Crippen molar-refractivity contribution in [2.24, 2.45) is 11.8 Å². The monoisotopic (exact) mass is 360 g/mol. The number of halogens is 1. The third-order valence-corrected chi connectivity index (χ3v) is 5.63. The van der Waals surface area contributed by atoms with Crippen LogP contribution in [0.1, 0.15) is 18.1 Å². The zero-order chi connectivity index (χ0) is 18.0. The number of imidazole rings is 1. The lowest BCUT2D eigenvalue weighted by atomic mass is 9.67. The van der Waals surface area contributed by atoms with E-state index >= 15 is 0 Å². The molecule has 3 unspecified atom stereocenters. The van der Waals surface area contributed by atoms with E-state index < -0.39 is 5.54 Å². The highest BCUT2D eigenvalue weighted by atomic mass is 35.5. The predicted octanol–water partition coefficient (Wildman–Crippen LogP) is 5.71. The minimum absolute atomic E-state index is 0.198. The van der Waals surface area contributed by atoms with Gasteiger partial charge >= 0.3 is 0 Å². The van der Waals surface area contributed by atoms with Crippen LogP contribution < -0.4 is 0 Å². The molecule has 130 valence electrons. The van der Waals surface area contributed by atoms with Gasteiger partial charge in [-0.25, -0.2) is 4.98 Å². The summed E-state index contributed by atoms with van der Waals surface area (Å²) < 4.78 is 2.20. The molecule has 1 heterocycles. The molecule has 0 saturated carbocycles. The molecule has 0 aliphatic heterocycles. The molecule has 3 atom stereocenters. The highest BCUT2D eigenvalue weighted by Crippen LogP contribution is 2.48. The molecule has 1 aliphatic carbocycles. The SMILES string of the molecule is CC1C=CC=CC1C(c1ccccc1)(c1ccccc1Cl)n1ccnc1. The standard InChI is InChI=1S/C23H21ClN2/c1-18-9-5-6-12-20(18)23(26-16-15-25-17-26,19-10-3-2-4-11-19)21-13-7-8-14-22(21)24/h2-18,20H,1H3. The van der Waals surface area contributed by atoms with Crippen LogP contribution in [0.2, 0.25) is 5.02 Å². The second kappa shape index (κ2) is 6.97. The average Bonchev–Trinajstić information content (AvgIpc) is 3.21. The van der Waals surface area contributed by atoms with Crippen molar-refractivity contribution in [1.82, 2.24) is 9.55 Å². The van der Waals surface area contributed by atoms with Crippen LogP contribution in [0.4, 0.5) is 0 Å². The van der Waals surface area contributed by atoms with Crippen LogP contribution in [-0.4, -0.2) is 9.55 Å². The summed E-state index contributed by atoms with van der Waals surface area (Å²) in [5.74, 6) is 0.544. The highest BCUT2D eigenvalue weighted by molar-refractivity contribution is 6.31. The summed E-state index contributed by atoms with van der Waals surface area (Å²) >= 11 is 6.77. The topological polar surface area (TPSA) is 17.8 Å². The van der Waals surface area contributed by atoms with Crippen molar-refractivity contribution in [3.63, 3.8) is 0 Å². The molecular weight excluding hydrogens is 340 g/mol. The van der Waals surface area contributed by atoms with Crippen LogP contribution in [0.3, 0.4) is 0 Å². The average molecular weight is 361 g/mol. The van der Waals surface area contributed by atoms with Gasteiger partial charge in [0.05, 0.1) is 6.33 Å². The molecule has 26 heavy (non-hydrogen) atoms. The van der Waals surface area contributed by atoms with Crippen molar-refractivity contribution in [2.75, 3.05) is 0 Å². The van der Waals surface area contributed by atoms with Crippen molar-refractivity contribution < 1.29 is 0 Å². The molecule has 3 aromatic rings. The number of allylic oxidation sites excluding steroid dienone is 4. The van der Waals surface area contributed by atoms with Gasteiger partial charge in [0.1, 0.15) is 5.54 Å². The van der Waals surface area contributed by atoms with Gasteiger partial charge in [-0.05, 0) is 17.5 Å². The second-order valence-electron chi connectivity index (χ2n) is 6.74. The highest BCUT2D eigenvalue weighted by Gasteiger charge is 2.45. The molecule has 0 saturated heterocycles. The number of rotatable bonds is 4. The first-order chi connectivity index (χ1) is 12.7. The van der Waals surface area contributed by atoms with Gasteiger partial charge in [-0.1, -0.05) is 91.4 Å². The number of benzene rings is 2. The fourth-order valence-corrected chi connectivity index (χ4v) is 4.44. The van der Waals surface area contributed by atoms with Gasteiger partial charge in [0.15, 0.2) is 0 Å². The third-order valence-electron chi connectivity index (χ3n) is 5.30. The van der Waals surface area contributed by atoms with E-state index in [-0.39, 0.29) is 5.92 Å². The maximum atomic E-state index is 6.77. The van der Waals surface area contributed by atoms with E-state index in [2.05, 4.69) is 83.2 Å². The van der Waals surface area contributed by atoms with Crippen molar-refractivity contribution in [3.8, 4) is 0 Å². The Balaban J connectivity index is 2.09. The van der Waals surface area contributed by atoms with Gasteiger partial charge in [0, 0.05) is 28.9 Å². The Hall–Kier alpha value is -2.58. The Kier molecular flexibility index (Phi) is 4.52. The predicted molar refractivity (Wildman–Crippen MR) is 107 cm³/mol. The number of aromatic nitrogens is 2. The summed E-state index contributed by atoms with van der Waals surface area (Å²) in [6.07, 6.45) is 14.6. The van der Waals surface area contributed by atoms with E-state index in [1.807, 2.05) is 30.9 Å². The van der Waals surface area contributed by atoms with Gasteiger partial charge in [0.2, 0.25) is 0 Å². The molecule has 1 aliphatic rings. The summed E-state index contributed by atoms with van der Waals surface area (Å²) in [5, 5.41) is 0.764. The van der Waals surface area contributed by atoms with Crippen LogP contribution in [0.25, 0.3) is 0 Å². The van der Waals surface area contributed by atoms with Crippen LogP contribution in [0.5, 0.6) is 0 Å². The summed E-state index contributed by atoms with van der Waals surface area (Å²) in [7, 11) is 0. The minimum atomic E-state index is -0.475. The molecule has 0 fully saturated rings. The number of hydrogen-bond donors (Lipinski definition) is 0. The Labute approximate surface area is 159 Å². The molecule has 1 aromatic heterocycles. The number of hydrogen-bond acceptors (Lipinski definition) is 1. The smallest absolute Gasteiger partial charge is 0.104 e. The van der Waals surface area contributed by atoms with Gasteiger partial charge in [-0.15, -0.1) is 0 Å². The minimum Gasteiger partial charge on any atom is -0.322 e. The van der Waals surface area contributed by atoms with E-state index in [0.29, 0.717) is 5.92 Å². The van der Waals surface area contributed by atoms with E-state index in [1.165, 1.54) is 5.56 Å². The van der Waals surface area contributed by atoms with E-state index in [4.69, 9.17) is 11.6 Å². The van der Waals surface area contributed by atoms with Gasteiger partial charge in [-0.3, -0.25) is 0 Å². The molecule has 0 radical (unpaired) electrons. The zero-order valence-electron chi connectivity index (χ0n) is 14.7. The lowest BCUT2D eigenvalue weighted by Gasteiger charge is -2.45. The summed E-state index contributed by atoms with van der Waals surface area (Å²) in [6, 6.07) is 18.7. The quantitative estimate of drug-likeness (QED) is 0.583. The van der Waals surface area contributed by atoms with E-state index in [0.717, 1.165) is 10.6 Å². The summed E-state index contributed by atoms with van der Waals surface area (Å²) in [6.45, 7) is 2.26. The molecule has 2 nitrogen and oxygen atoms in total. The Morgan fingerprint density at radius 1 is 0.962 bits per heavy atom. The van der Waals surface area contributed by atoms with Gasteiger partial charge in [-0.2, -0.15) is 0 Å². The Morgan fingerprint density at radius 3 is 2.38 bits per heavy atom. The first kappa shape index (κ1) is 16.9. The zero-order valence-corrected chi connectivity index (χ0v) is 15.4. The maximum Gasteiger partial charge on any atom is 0.104 e. The van der Waals surface area contributed by atoms with E-state index in [9.17, 15) is 0 Å². The summed E-state index contributed by atoms with van der Waals surface area (Å²) in [5.41, 5.74) is 1.81. The maximum absolute atomic E-state index is 6.77. The van der Waals surface area contributed by atoms with Gasteiger partial charge < -0.3 is 4.57 Å². The second-order valence-corrected chi connectivity index (χ2v) is 7.14. The van der Waals surface area contributed by atoms with Crippen LogP contribution in [-0.2, 0) is 5.54 Å². The van der Waals surface area contributed by atoms with Crippen molar-refractivity contribution in [3.05, 3.63) is 114 Å². The van der Waals surface area contributed by atoms with Crippen molar-refractivity contribution >= 4 is 11.6 Å². The number of nitrogens with zero attached hydrogens (tertiary/aromatic N) is 2. The van der Waals surface area contributed by atoms with Crippen LogP contribution in [0.15, 0.2) is 97.6 Å². The molecule has 3 heteroatoms. The third kappa shape index (κ3) is 2.62. The lowest BCUT2D eigenvalue weighted by molar-refractivity contribution is 0.272. The molecule has 0 N–H and O–H groups in total. The summed E-state index contributed by atoms with van der Waals surface area (Å²) in [4.78, 5) is 4.37. The molecule has 2 aromatic carbocycles. The van der Waals surface area contributed by atoms with Crippen LogP contribution >= 0.6 is 11.6 Å². The fraction of sp³-hybridized carbons (Fsp3) is 0.174. The fourth-order valence-electron chi connectivity index (χ4n) is 4.16. The molecular formula is C23H21ClN2. The lowest BCUT2D eigenvalue weighted by Crippen LogP contribution is -2.45. The first-order valence-electron chi connectivity index (χ1n) is 8.88. The normalized spacial score (nSPS) is 21.5. The first-order valence-corrected chi connectivity index (χ1v) is 9.26. The van der Waals surface area contributed by atoms with Crippen molar-refractivity contribution in [1.29, 1.82) is 0 Å². The molecule has 0 bridgehead atoms. The molecule has 4 rings (SSSR count). The van der Waals surface area contributed by atoms with Gasteiger partial charge in [0.25, 0.3) is 0 Å². The van der Waals surface area contributed by atoms with Crippen LogP contribution in [0, 0.1) is 11.8 Å². The van der Waals surface area contributed by atoms with E-state index in [1.54, 1.807) is 0 Å².